The Morgan fingerprint density at radius 1 is 1.35 bits per heavy atom. The molecule has 3 rings (SSSR count). The Balaban J connectivity index is 1.70. The average Bonchev–Trinajstić information content (AvgIpc) is 2.88. The summed E-state index contributed by atoms with van der Waals surface area (Å²) in [5.41, 5.74) is 0.685. The Labute approximate surface area is 158 Å². The molecule has 136 valence electrons. The fourth-order valence-electron chi connectivity index (χ4n) is 2.45. The van der Waals surface area contributed by atoms with E-state index in [1.165, 1.54) is 11.3 Å². The SMILES string of the molecule is Cc1sc2nc(C(C)OC(=O)COc3ccccc3Cl)[nH]c(=O)c2c1C. The fourth-order valence-corrected chi connectivity index (χ4v) is 3.68. The van der Waals surface area contributed by atoms with Crippen molar-refractivity contribution in [1.82, 2.24) is 9.97 Å². The summed E-state index contributed by atoms with van der Waals surface area (Å²) in [6, 6.07) is 6.85. The normalized spacial score (nSPS) is 12.2. The van der Waals surface area contributed by atoms with Gasteiger partial charge in [-0.2, -0.15) is 0 Å². The van der Waals surface area contributed by atoms with Crippen LogP contribution in [0.1, 0.15) is 29.3 Å². The van der Waals surface area contributed by atoms with Gasteiger partial charge in [0.05, 0.1) is 10.4 Å². The minimum Gasteiger partial charge on any atom is -0.480 e. The number of carbonyl (C=O) groups excluding carboxylic acids is 1. The van der Waals surface area contributed by atoms with Gasteiger partial charge in [0.1, 0.15) is 10.6 Å². The van der Waals surface area contributed by atoms with Crippen LogP contribution in [0.5, 0.6) is 5.75 Å². The van der Waals surface area contributed by atoms with Crippen molar-refractivity contribution >= 4 is 39.1 Å². The molecule has 0 fully saturated rings. The Bertz CT molecular complexity index is 1030. The Morgan fingerprint density at radius 3 is 2.81 bits per heavy atom. The van der Waals surface area contributed by atoms with Gasteiger partial charge in [-0.25, -0.2) is 9.78 Å². The van der Waals surface area contributed by atoms with Gasteiger partial charge in [0, 0.05) is 4.88 Å². The largest absolute Gasteiger partial charge is 0.480 e. The molecule has 0 bridgehead atoms. The van der Waals surface area contributed by atoms with Crippen LogP contribution in [-0.2, 0) is 9.53 Å². The molecule has 1 unspecified atom stereocenters. The molecule has 6 nitrogen and oxygen atoms in total. The first-order valence-corrected chi connectivity index (χ1v) is 9.13. The van der Waals surface area contributed by atoms with Crippen LogP contribution in [0.15, 0.2) is 29.1 Å². The Morgan fingerprint density at radius 2 is 2.08 bits per heavy atom. The summed E-state index contributed by atoms with van der Waals surface area (Å²) < 4.78 is 10.7. The molecule has 8 heteroatoms. The lowest BCUT2D eigenvalue weighted by atomic mass is 10.2. The molecular weight excluding hydrogens is 376 g/mol. The van der Waals surface area contributed by atoms with E-state index >= 15 is 0 Å². The van der Waals surface area contributed by atoms with Crippen molar-refractivity contribution in [3.63, 3.8) is 0 Å². The van der Waals surface area contributed by atoms with Crippen molar-refractivity contribution in [2.75, 3.05) is 6.61 Å². The van der Waals surface area contributed by atoms with E-state index in [1.807, 2.05) is 13.8 Å². The van der Waals surface area contributed by atoms with Crippen LogP contribution in [0.4, 0.5) is 0 Å². The lowest BCUT2D eigenvalue weighted by Crippen LogP contribution is -2.20. The highest BCUT2D eigenvalue weighted by atomic mass is 35.5. The third-order valence-electron chi connectivity index (χ3n) is 3.93. The molecule has 2 aromatic heterocycles. The van der Waals surface area contributed by atoms with Gasteiger partial charge in [-0.3, -0.25) is 4.79 Å². The smallest absolute Gasteiger partial charge is 0.344 e. The number of benzene rings is 1. The van der Waals surface area contributed by atoms with E-state index in [9.17, 15) is 9.59 Å². The van der Waals surface area contributed by atoms with Gasteiger partial charge in [0.15, 0.2) is 18.5 Å². The standard InChI is InChI=1S/C18H17ClN2O4S/c1-9-11(3)26-18-15(9)17(23)20-16(21-18)10(2)25-14(22)8-24-13-7-5-4-6-12(13)19/h4-7,10H,8H2,1-3H3,(H,20,21,23). The maximum Gasteiger partial charge on any atom is 0.344 e. The number of para-hydroxylation sites is 1. The van der Waals surface area contributed by atoms with Gasteiger partial charge in [-0.05, 0) is 38.5 Å². The van der Waals surface area contributed by atoms with Gasteiger partial charge in [-0.15, -0.1) is 11.3 Å². The zero-order valence-corrected chi connectivity index (χ0v) is 16.0. The number of aryl methyl sites for hydroxylation is 2. The molecule has 0 saturated heterocycles. The number of nitrogens with one attached hydrogen (secondary N) is 1. The van der Waals surface area contributed by atoms with E-state index in [1.54, 1.807) is 31.2 Å². The summed E-state index contributed by atoms with van der Waals surface area (Å²) >= 11 is 7.41. The van der Waals surface area contributed by atoms with E-state index < -0.39 is 12.1 Å². The minimum atomic E-state index is -0.711. The number of ether oxygens (including phenoxy) is 2. The van der Waals surface area contributed by atoms with Crippen LogP contribution in [-0.4, -0.2) is 22.5 Å². The topological polar surface area (TPSA) is 81.3 Å². The number of aromatic nitrogens is 2. The lowest BCUT2D eigenvalue weighted by molar-refractivity contribution is -0.151. The molecule has 0 amide bonds. The zero-order valence-electron chi connectivity index (χ0n) is 14.5. The monoisotopic (exact) mass is 392 g/mol. The zero-order chi connectivity index (χ0) is 18.8. The number of aromatic amines is 1. The van der Waals surface area contributed by atoms with Crippen LogP contribution < -0.4 is 10.3 Å². The van der Waals surface area contributed by atoms with Crippen LogP contribution >= 0.6 is 22.9 Å². The maximum absolute atomic E-state index is 12.3. The predicted molar refractivity (Wildman–Crippen MR) is 101 cm³/mol. The van der Waals surface area contributed by atoms with Crippen LogP contribution in [0.2, 0.25) is 5.02 Å². The summed E-state index contributed by atoms with van der Waals surface area (Å²) in [5.74, 6) is 0.116. The molecule has 0 saturated carbocycles. The first-order chi connectivity index (χ1) is 12.4. The van der Waals surface area contributed by atoms with Gasteiger partial charge in [0.2, 0.25) is 0 Å². The molecule has 0 aliphatic heterocycles. The second kappa shape index (κ2) is 7.47. The molecule has 3 aromatic rings. The first kappa shape index (κ1) is 18.4. The molecular formula is C18H17ClN2O4S. The van der Waals surface area contributed by atoms with E-state index in [4.69, 9.17) is 21.1 Å². The fraction of sp³-hybridized carbons (Fsp3) is 0.278. The van der Waals surface area contributed by atoms with Crippen LogP contribution in [0.3, 0.4) is 0 Å². The van der Waals surface area contributed by atoms with Crippen molar-refractivity contribution < 1.29 is 14.3 Å². The Hall–Kier alpha value is -2.38. The van der Waals surface area contributed by atoms with Crippen molar-refractivity contribution in [2.45, 2.75) is 26.9 Å². The van der Waals surface area contributed by atoms with Crippen LogP contribution in [0.25, 0.3) is 10.2 Å². The van der Waals surface area contributed by atoms with Crippen LogP contribution in [0, 0.1) is 13.8 Å². The third kappa shape index (κ3) is 3.73. The van der Waals surface area contributed by atoms with E-state index in [0.29, 0.717) is 26.8 Å². The van der Waals surface area contributed by atoms with Gasteiger partial charge < -0.3 is 14.5 Å². The van der Waals surface area contributed by atoms with E-state index in [0.717, 1.165) is 10.4 Å². The number of H-pyrrole nitrogens is 1. The third-order valence-corrected chi connectivity index (χ3v) is 5.35. The van der Waals surface area contributed by atoms with E-state index in [2.05, 4.69) is 9.97 Å². The second-order valence-electron chi connectivity index (χ2n) is 5.77. The van der Waals surface area contributed by atoms with Crippen molar-refractivity contribution in [3.8, 4) is 5.75 Å². The number of rotatable bonds is 5. The number of nitrogens with zero attached hydrogens (tertiary/aromatic N) is 1. The Kier molecular flexibility index (Phi) is 5.29. The molecule has 26 heavy (non-hydrogen) atoms. The molecule has 1 N–H and O–H groups in total. The minimum absolute atomic E-state index is 0.234. The molecule has 2 heterocycles. The number of fused-ring (bicyclic) bond motifs is 1. The maximum atomic E-state index is 12.3. The van der Waals surface area contributed by atoms with Gasteiger partial charge in [-0.1, -0.05) is 23.7 Å². The average molecular weight is 393 g/mol. The number of esters is 1. The summed E-state index contributed by atoms with van der Waals surface area (Å²) in [4.78, 5) is 33.1. The number of halogens is 1. The molecule has 0 radical (unpaired) electrons. The lowest BCUT2D eigenvalue weighted by Gasteiger charge is -2.13. The molecule has 0 aliphatic carbocycles. The second-order valence-corrected chi connectivity index (χ2v) is 7.38. The number of carbonyl (C=O) groups is 1. The van der Waals surface area contributed by atoms with Crippen molar-refractivity contribution in [3.05, 3.63) is 55.9 Å². The summed E-state index contributed by atoms with van der Waals surface area (Å²) in [6.07, 6.45) is -0.711. The van der Waals surface area contributed by atoms with Crippen molar-refractivity contribution in [1.29, 1.82) is 0 Å². The molecule has 1 aromatic carbocycles. The highest BCUT2D eigenvalue weighted by Gasteiger charge is 2.18. The molecule has 1 atom stereocenters. The quantitative estimate of drug-likeness (QED) is 0.665. The van der Waals surface area contributed by atoms with E-state index in [-0.39, 0.29) is 12.2 Å². The van der Waals surface area contributed by atoms with Gasteiger partial charge in [0.25, 0.3) is 5.56 Å². The number of hydrogen-bond donors (Lipinski definition) is 1. The first-order valence-electron chi connectivity index (χ1n) is 7.93. The van der Waals surface area contributed by atoms with Crippen molar-refractivity contribution in [2.24, 2.45) is 0 Å². The molecule has 0 aliphatic rings. The summed E-state index contributed by atoms with van der Waals surface area (Å²) in [6.45, 7) is 5.18. The van der Waals surface area contributed by atoms with Gasteiger partial charge >= 0.3 is 5.97 Å². The highest BCUT2D eigenvalue weighted by molar-refractivity contribution is 7.18. The predicted octanol–water partition coefficient (Wildman–Crippen LogP) is 3.94. The summed E-state index contributed by atoms with van der Waals surface area (Å²) in [7, 11) is 0. The number of thiophene rings is 1. The molecule has 0 spiro atoms. The number of hydrogen-bond acceptors (Lipinski definition) is 6. The summed E-state index contributed by atoms with van der Waals surface area (Å²) in [5, 5.41) is 0.991. The highest BCUT2D eigenvalue weighted by Crippen LogP contribution is 2.27.